The van der Waals surface area contributed by atoms with Gasteiger partial charge in [-0.25, -0.2) is 9.97 Å². The van der Waals surface area contributed by atoms with Gasteiger partial charge in [0.1, 0.15) is 12.1 Å². The zero-order chi connectivity index (χ0) is 16.2. The molecule has 0 aliphatic rings. The third kappa shape index (κ3) is 3.75. The number of alkyl halides is 3. The van der Waals surface area contributed by atoms with Crippen molar-refractivity contribution in [3.05, 3.63) is 41.7 Å². The van der Waals surface area contributed by atoms with Gasteiger partial charge in [-0.15, -0.1) is 0 Å². The summed E-state index contributed by atoms with van der Waals surface area (Å²) >= 11 is 0. The predicted octanol–water partition coefficient (Wildman–Crippen LogP) is 4.68. The average molecular weight is 309 g/mol. The molecule has 118 valence electrons. The molecule has 0 saturated heterocycles. The highest BCUT2D eigenvalue weighted by atomic mass is 19.4. The molecule has 0 fully saturated rings. The van der Waals surface area contributed by atoms with Crippen molar-refractivity contribution in [1.82, 2.24) is 9.97 Å². The number of aromatic nitrogens is 2. The Kier molecular flexibility index (Phi) is 5.00. The maximum atomic E-state index is 12.6. The molecule has 6 heteroatoms. The summed E-state index contributed by atoms with van der Waals surface area (Å²) in [6, 6.07) is 5.02. The number of rotatable bonds is 5. The topological polar surface area (TPSA) is 37.8 Å². The van der Waals surface area contributed by atoms with E-state index in [1.165, 1.54) is 18.5 Å². The van der Waals surface area contributed by atoms with Crippen LogP contribution in [-0.4, -0.2) is 16.5 Å². The Bertz CT molecular complexity index is 622. The van der Waals surface area contributed by atoms with Crippen molar-refractivity contribution < 1.29 is 13.2 Å². The van der Waals surface area contributed by atoms with Gasteiger partial charge in [0.15, 0.2) is 0 Å². The Balaban J connectivity index is 2.27. The number of nitrogens with one attached hydrogen (secondary N) is 1. The molecule has 0 saturated carbocycles. The fraction of sp³-hybridized carbons (Fsp3) is 0.375. The van der Waals surface area contributed by atoms with E-state index < -0.39 is 11.7 Å². The first kappa shape index (κ1) is 16.3. The fourth-order valence-electron chi connectivity index (χ4n) is 2.12. The van der Waals surface area contributed by atoms with Crippen LogP contribution in [0.1, 0.15) is 30.9 Å². The highest BCUT2D eigenvalue weighted by Crippen LogP contribution is 2.31. The van der Waals surface area contributed by atoms with E-state index >= 15 is 0 Å². The van der Waals surface area contributed by atoms with Gasteiger partial charge in [0.2, 0.25) is 0 Å². The second kappa shape index (κ2) is 6.77. The number of halogens is 3. The molecule has 2 rings (SSSR count). The summed E-state index contributed by atoms with van der Waals surface area (Å²) < 4.78 is 37.8. The smallest absolute Gasteiger partial charge is 0.370 e. The monoisotopic (exact) mass is 309 g/mol. The van der Waals surface area contributed by atoms with E-state index in [4.69, 9.17) is 0 Å². The first-order valence-electron chi connectivity index (χ1n) is 7.16. The van der Waals surface area contributed by atoms with Gasteiger partial charge in [0, 0.05) is 17.7 Å². The molecule has 0 spiro atoms. The molecule has 0 aliphatic carbocycles. The van der Waals surface area contributed by atoms with Gasteiger partial charge in [-0.05, 0) is 25.5 Å². The van der Waals surface area contributed by atoms with Crippen LogP contribution in [0.25, 0.3) is 11.3 Å². The summed E-state index contributed by atoms with van der Waals surface area (Å²) in [5.74, 6) is 0.721. The summed E-state index contributed by atoms with van der Waals surface area (Å²) in [5.41, 5.74) is 1.46. The quantitative estimate of drug-likeness (QED) is 0.815. The molecule has 3 nitrogen and oxygen atoms in total. The molecular formula is C16H18F3N3. The average Bonchev–Trinajstić information content (AvgIpc) is 2.48. The Labute approximate surface area is 127 Å². The van der Waals surface area contributed by atoms with E-state index in [1.807, 2.05) is 6.92 Å². The second-order valence-corrected chi connectivity index (χ2v) is 5.05. The van der Waals surface area contributed by atoms with Crippen LogP contribution in [0.3, 0.4) is 0 Å². The Morgan fingerprint density at radius 1 is 1.09 bits per heavy atom. The van der Waals surface area contributed by atoms with E-state index in [2.05, 4.69) is 22.2 Å². The van der Waals surface area contributed by atoms with Crippen LogP contribution in [0.4, 0.5) is 19.0 Å². The summed E-state index contributed by atoms with van der Waals surface area (Å²) in [7, 11) is 0. The van der Waals surface area contributed by atoms with Crippen molar-refractivity contribution in [1.29, 1.82) is 0 Å². The second-order valence-electron chi connectivity index (χ2n) is 5.05. The van der Waals surface area contributed by atoms with Crippen LogP contribution < -0.4 is 5.32 Å². The summed E-state index contributed by atoms with van der Waals surface area (Å²) in [6.07, 6.45) is -0.803. The molecule has 0 aliphatic heterocycles. The van der Waals surface area contributed by atoms with Crippen molar-refractivity contribution in [2.24, 2.45) is 0 Å². The Morgan fingerprint density at radius 2 is 1.77 bits per heavy atom. The van der Waals surface area contributed by atoms with E-state index in [0.717, 1.165) is 42.9 Å². The third-order valence-corrected chi connectivity index (χ3v) is 3.39. The molecule has 1 heterocycles. The van der Waals surface area contributed by atoms with Gasteiger partial charge < -0.3 is 5.32 Å². The zero-order valence-electron chi connectivity index (χ0n) is 12.5. The van der Waals surface area contributed by atoms with Crippen LogP contribution in [0.15, 0.2) is 30.6 Å². The SMILES string of the molecule is CCCCNc1ncnc(-c2ccc(C(F)(F)F)cc2)c1C. The highest BCUT2D eigenvalue weighted by molar-refractivity contribution is 5.68. The minimum absolute atomic E-state index is 0.641. The van der Waals surface area contributed by atoms with Crippen molar-refractivity contribution >= 4 is 5.82 Å². The lowest BCUT2D eigenvalue weighted by atomic mass is 10.1. The number of unbranched alkanes of at least 4 members (excludes halogenated alkanes) is 1. The molecular weight excluding hydrogens is 291 g/mol. The highest BCUT2D eigenvalue weighted by Gasteiger charge is 2.30. The summed E-state index contributed by atoms with van der Waals surface area (Å²) in [4.78, 5) is 8.39. The standard InChI is InChI=1S/C16H18F3N3/c1-3-4-9-20-15-11(2)14(21-10-22-15)12-5-7-13(8-6-12)16(17,18)19/h5-8,10H,3-4,9H2,1-2H3,(H,20,21,22). The first-order valence-corrected chi connectivity index (χ1v) is 7.16. The largest absolute Gasteiger partial charge is 0.416 e. The van der Waals surface area contributed by atoms with Crippen molar-refractivity contribution in [2.75, 3.05) is 11.9 Å². The van der Waals surface area contributed by atoms with Gasteiger partial charge in [-0.3, -0.25) is 0 Å². The van der Waals surface area contributed by atoms with Gasteiger partial charge in [-0.2, -0.15) is 13.2 Å². The van der Waals surface area contributed by atoms with Crippen molar-refractivity contribution in [3.8, 4) is 11.3 Å². The molecule has 0 bridgehead atoms. The molecule has 22 heavy (non-hydrogen) atoms. The van der Waals surface area contributed by atoms with Crippen molar-refractivity contribution in [3.63, 3.8) is 0 Å². The van der Waals surface area contributed by atoms with Crippen LogP contribution in [0.2, 0.25) is 0 Å². The number of nitrogens with zero attached hydrogens (tertiary/aromatic N) is 2. The lowest BCUT2D eigenvalue weighted by molar-refractivity contribution is -0.137. The third-order valence-electron chi connectivity index (χ3n) is 3.39. The molecule has 1 aromatic carbocycles. The predicted molar refractivity (Wildman–Crippen MR) is 80.6 cm³/mol. The molecule has 2 aromatic rings. The number of hydrogen-bond donors (Lipinski definition) is 1. The van der Waals surface area contributed by atoms with Gasteiger partial charge >= 0.3 is 6.18 Å². The minimum atomic E-state index is -4.33. The molecule has 1 aromatic heterocycles. The normalized spacial score (nSPS) is 11.5. The van der Waals surface area contributed by atoms with Gasteiger partial charge in [0.25, 0.3) is 0 Å². The van der Waals surface area contributed by atoms with Crippen LogP contribution in [-0.2, 0) is 6.18 Å². The van der Waals surface area contributed by atoms with Crippen LogP contribution in [0.5, 0.6) is 0 Å². The van der Waals surface area contributed by atoms with Crippen LogP contribution >= 0.6 is 0 Å². The minimum Gasteiger partial charge on any atom is -0.370 e. The Morgan fingerprint density at radius 3 is 2.36 bits per heavy atom. The van der Waals surface area contributed by atoms with E-state index in [-0.39, 0.29) is 0 Å². The molecule has 0 amide bonds. The summed E-state index contributed by atoms with van der Waals surface area (Å²) in [6.45, 7) is 4.77. The zero-order valence-corrected chi connectivity index (χ0v) is 12.5. The van der Waals surface area contributed by atoms with Crippen molar-refractivity contribution in [2.45, 2.75) is 32.9 Å². The lowest BCUT2D eigenvalue weighted by Gasteiger charge is -2.12. The summed E-state index contributed by atoms with van der Waals surface area (Å²) in [5, 5.41) is 3.23. The molecule has 1 N–H and O–H groups in total. The molecule has 0 radical (unpaired) electrons. The Hall–Kier alpha value is -2.11. The number of hydrogen-bond acceptors (Lipinski definition) is 3. The first-order chi connectivity index (χ1) is 10.4. The van der Waals surface area contributed by atoms with E-state index in [0.29, 0.717) is 11.3 Å². The maximum Gasteiger partial charge on any atom is 0.416 e. The fourth-order valence-corrected chi connectivity index (χ4v) is 2.12. The number of anilines is 1. The van der Waals surface area contributed by atoms with Gasteiger partial charge in [0.05, 0.1) is 11.3 Å². The molecule has 0 unspecified atom stereocenters. The van der Waals surface area contributed by atoms with E-state index in [1.54, 1.807) is 0 Å². The number of benzene rings is 1. The van der Waals surface area contributed by atoms with Gasteiger partial charge in [-0.1, -0.05) is 25.5 Å². The molecule has 0 atom stereocenters. The lowest BCUT2D eigenvalue weighted by Crippen LogP contribution is -2.07. The van der Waals surface area contributed by atoms with Crippen LogP contribution in [0, 0.1) is 6.92 Å². The maximum absolute atomic E-state index is 12.6. The van der Waals surface area contributed by atoms with E-state index in [9.17, 15) is 13.2 Å².